The number of rotatable bonds is 1. The molecular weight excluding hydrogens is 220 g/mol. The molecule has 78 valence electrons. The van der Waals surface area contributed by atoms with Gasteiger partial charge in [0.1, 0.15) is 0 Å². The Balaban J connectivity index is 1.94. The van der Waals surface area contributed by atoms with Crippen molar-refractivity contribution in [3.63, 3.8) is 0 Å². The van der Waals surface area contributed by atoms with Crippen LogP contribution >= 0.6 is 23.5 Å². The second kappa shape index (κ2) is 2.62. The molecule has 0 aromatic carbocycles. The molecule has 3 nitrogen and oxygen atoms in total. The Labute approximate surface area is 90.6 Å². The van der Waals surface area contributed by atoms with E-state index in [1.807, 2.05) is 11.8 Å². The number of aliphatic hydroxyl groups excluding tert-OH is 1. The minimum Gasteiger partial charge on any atom is -0.481 e. The van der Waals surface area contributed by atoms with E-state index in [0.29, 0.717) is 9.83 Å². The first-order valence-electron chi connectivity index (χ1n) is 4.81. The van der Waals surface area contributed by atoms with Crippen LogP contribution < -0.4 is 0 Å². The van der Waals surface area contributed by atoms with Crippen LogP contribution in [-0.4, -0.2) is 36.9 Å². The summed E-state index contributed by atoms with van der Waals surface area (Å²) in [6.45, 7) is 2.13. The number of hydrogen-bond acceptors (Lipinski definition) is 4. The molecule has 0 radical (unpaired) electrons. The van der Waals surface area contributed by atoms with Crippen molar-refractivity contribution >= 4 is 29.5 Å². The van der Waals surface area contributed by atoms with Crippen LogP contribution in [0, 0.1) is 11.8 Å². The molecule has 0 amide bonds. The first-order valence-corrected chi connectivity index (χ1v) is 6.63. The number of carboxylic acids is 1. The summed E-state index contributed by atoms with van der Waals surface area (Å²) in [7, 11) is 0. The van der Waals surface area contributed by atoms with E-state index >= 15 is 0 Å². The summed E-state index contributed by atoms with van der Waals surface area (Å²) in [6.07, 6.45) is 0.407. The molecule has 1 saturated heterocycles. The summed E-state index contributed by atoms with van der Waals surface area (Å²) < 4.78 is 0.370. The lowest BCUT2D eigenvalue weighted by atomic mass is 10.1. The number of carboxylic acid groups (broad SMARTS) is 1. The molecule has 2 aliphatic carbocycles. The molecule has 2 saturated carbocycles. The Morgan fingerprint density at radius 1 is 1.57 bits per heavy atom. The minimum atomic E-state index is -0.721. The molecule has 3 fully saturated rings. The number of aliphatic carboxylic acids is 1. The van der Waals surface area contributed by atoms with E-state index in [0.717, 1.165) is 6.42 Å². The van der Waals surface area contributed by atoms with E-state index in [4.69, 9.17) is 5.11 Å². The molecule has 14 heavy (non-hydrogen) atoms. The zero-order valence-corrected chi connectivity index (χ0v) is 9.35. The Morgan fingerprint density at radius 2 is 2.29 bits per heavy atom. The summed E-state index contributed by atoms with van der Waals surface area (Å²) >= 11 is 3.62. The minimum absolute atomic E-state index is 0.0208. The van der Waals surface area contributed by atoms with Crippen molar-refractivity contribution in [2.75, 3.05) is 0 Å². The summed E-state index contributed by atoms with van der Waals surface area (Å²) in [6, 6.07) is 0. The van der Waals surface area contributed by atoms with Gasteiger partial charge >= 0.3 is 5.97 Å². The van der Waals surface area contributed by atoms with Crippen LogP contribution in [0.15, 0.2) is 0 Å². The maximum Gasteiger partial charge on any atom is 0.308 e. The van der Waals surface area contributed by atoms with E-state index in [9.17, 15) is 9.90 Å². The van der Waals surface area contributed by atoms with Gasteiger partial charge in [0.25, 0.3) is 0 Å². The molecule has 0 bridgehead atoms. The Bertz CT molecular complexity index is 306. The van der Waals surface area contributed by atoms with Crippen molar-refractivity contribution in [1.29, 1.82) is 0 Å². The van der Waals surface area contributed by atoms with Crippen molar-refractivity contribution < 1.29 is 15.0 Å². The lowest BCUT2D eigenvalue weighted by molar-refractivity contribution is -0.139. The van der Waals surface area contributed by atoms with Crippen LogP contribution in [0.4, 0.5) is 0 Å². The van der Waals surface area contributed by atoms with Crippen molar-refractivity contribution in [2.24, 2.45) is 11.8 Å². The number of aliphatic hydroxyl groups is 1. The van der Waals surface area contributed by atoms with Gasteiger partial charge < -0.3 is 10.2 Å². The zero-order valence-electron chi connectivity index (χ0n) is 7.71. The largest absolute Gasteiger partial charge is 0.481 e. The van der Waals surface area contributed by atoms with Gasteiger partial charge in [0, 0.05) is 20.5 Å². The van der Waals surface area contributed by atoms with Crippen molar-refractivity contribution in [3.8, 4) is 0 Å². The van der Waals surface area contributed by atoms with Gasteiger partial charge in [-0.2, -0.15) is 0 Å². The first-order chi connectivity index (χ1) is 6.57. The fourth-order valence-corrected chi connectivity index (χ4v) is 7.53. The monoisotopic (exact) mass is 232 g/mol. The average molecular weight is 232 g/mol. The van der Waals surface area contributed by atoms with Gasteiger partial charge in [0.15, 0.2) is 0 Å². The number of carbonyl (C=O) groups is 1. The van der Waals surface area contributed by atoms with Gasteiger partial charge in [-0.15, -0.1) is 23.5 Å². The first kappa shape index (κ1) is 9.36. The molecule has 1 heterocycles. The number of hydrogen-bond donors (Lipinski definition) is 2. The lowest BCUT2D eigenvalue weighted by Gasteiger charge is -2.13. The molecule has 1 aliphatic heterocycles. The highest BCUT2D eigenvalue weighted by atomic mass is 32.2. The molecule has 2 N–H and O–H groups in total. The van der Waals surface area contributed by atoms with Gasteiger partial charge in [-0.25, -0.2) is 0 Å². The summed E-state index contributed by atoms with van der Waals surface area (Å²) in [5, 5.41) is 19.2. The summed E-state index contributed by atoms with van der Waals surface area (Å²) in [5.74, 6) is -0.993. The molecule has 5 heteroatoms. The van der Waals surface area contributed by atoms with Crippen LogP contribution in [0.5, 0.6) is 0 Å². The van der Waals surface area contributed by atoms with Crippen LogP contribution in [-0.2, 0) is 4.79 Å². The molecule has 6 unspecified atom stereocenters. The highest BCUT2D eigenvalue weighted by Crippen LogP contribution is 2.76. The van der Waals surface area contributed by atoms with Crippen molar-refractivity contribution in [2.45, 2.75) is 34.0 Å². The zero-order chi connectivity index (χ0) is 10.1. The van der Waals surface area contributed by atoms with Crippen LogP contribution in [0.2, 0.25) is 0 Å². The third kappa shape index (κ3) is 0.888. The summed E-state index contributed by atoms with van der Waals surface area (Å²) in [4.78, 5) is 11.0. The lowest BCUT2D eigenvalue weighted by Crippen LogP contribution is -2.22. The van der Waals surface area contributed by atoms with Gasteiger partial charge in [0.2, 0.25) is 0 Å². The van der Waals surface area contributed by atoms with E-state index < -0.39 is 5.97 Å². The third-order valence-corrected chi connectivity index (χ3v) is 7.24. The van der Waals surface area contributed by atoms with E-state index in [1.54, 1.807) is 11.8 Å². The molecule has 3 rings (SSSR count). The number of thioether (sulfide) groups is 2. The Hall–Kier alpha value is 0.130. The van der Waals surface area contributed by atoms with Gasteiger partial charge in [0.05, 0.1) is 12.0 Å². The molecule has 1 spiro atoms. The highest BCUT2D eigenvalue weighted by molar-refractivity contribution is 8.21. The maximum atomic E-state index is 11.0. The van der Waals surface area contributed by atoms with Crippen LogP contribution in [0.3, 0.4) is 0 Å². The Morgan fingerprint density at radius 3 is 2.86 bits per heavy atom. The smallest absolute Gasteiger partial charge is 0.308 e. The second-order valence-electron chi connectivity index (χ2n) is 4.31. The predicted molar refractivity (Wildman–Crippen MR) is 56.4 cm³/mol. The molecule has 3 aliphatic rings. The van der Waals surface area contributed by atoms with E-state index in [2.05, 4.69) is 6.92 Å². The maximum absolute atomic E-state index is 11.0. The molecule has 6 atom stereocenters. The Kier molecular flexibility index (Phi) is 1.76. The van der Waals surface area contributed by atoms with Gasteiger partial charge in [-0.1, -0.05) is 0 Å². The predicted octanol–water partition coefficient (Wildman–Crippen LogP) is 1.02. The molecular formula is C9H12O3S2. The van der Waals surface area contributed by atoms with Crippen LogP contribution in [0.1, 0.15) is 13.3 Å². The quantitative estimate of drug-likeness (QED) is 0.707. The summed E-state index contributed by atoms with van der Waals surface area (Å²) in [5.41, 5.74) is 0. The van der Waals surface area contributed by atoms with E-state index in [-0.39, 0.29) is 22.7 Å². The van der Waals surface area contributed by atoms with Crippen molar-refractivity contribution in [3.05, 3.63) is 0 Å². The van der Waals surface area contributed by atoms with E-state index in [1.165, 1.54) is 0 Å². The second-order valence-corrected chi connectivity index (χ2v) is 7.81. The average Bonchev–Trinajstić information content (AvgIpc) is 2.51. The fourth-order valence-electron chi connectivity index (χ4n) is 3.18. The third-order valence-electron chi connectivity index (χ3n) is 3.62. The highest BCUT2D eigenvalue weighted by Gasteiger charge is 2.80. The standard InChI is InChI=1S/C9H12O3S2/c1-3-13-5-2-4(10)6-7(8(11)12)9(5,6)14-3/h3-7,10H,2H2,1H3,(H,11,12). The van der Waals surface area contributed by atoms with Gasteiger partial charge in [-0.05, 0) is 13.3 Å². The fraction of sp³-hybridized carbons (Fsp3) is 0.889. The van der Waals surface area contributed by atoms with Crippen LogP contribution in [0.25, 0.3) is 0 Å². The van der Waals surface area contributed by atoms with Crippen molar-refractivity contribution in [1.82, 2.24) is 0 Å². The molecule has 0 aromatic heterocycles. The topological polar surface area (TPSA) is 57.5 Å². The van der Waals surface area contributed by atoms with Gasteiger partial charge in [-0.3, -0.25) is 4.79 Å². The molecule has 0 aromatic rings. The normalized spacial score (nSPS) is 59.4. The SMILES string of the molecule is CC1SC2CC(O)C3C(C(=O)O)C23S1.